The van der Waals surface area contributed by atoms with Crippen LogP contribution in [0.3, 0.4) is 0 Å². The van der Waals surface area contributed by atoms with E-state index in [1.807, 2.05) is 0 Å². The molecule has 0 bridgehead atoms. The molecular formula is C13H13F2N3. The average molecular weight is 249 g/mol. The molecule has 0 aliphatic rings. The number of nitrogens with zero attached hydrogens (tertiary/aromatic N) is 1. The molecule has 2 aromatic rings. The lowest BCUT2D eigenvalue weighted by Gasteiger charge is -2.13. The van der Waals surface area contributed by atoms with Gasteiger partial charge in [0.25, 0.3) is 0 Å². The number of rotatable bonds is 3. The van der Waals surface area contributed by atoms with Crippen LogP contribution in [0.2, 0.25) is 0 Å². The lowest BCUT2D eigenvalue weighted by molar-refractivity contribution is 0.505. The molecule has 0 fully saturated rings. The molecule has 1 heterocycles. The van der Waals surface area contributed by atoms with Gasteiger partial charge in [-0.1, -0.05) is 6.07 Å². The first-order valence-electron chi connectivity index (χ1n) is 5.47. The second-order valence-corrected chi connectivity index (χ2v) is 4.06. The monoisotopic (exact) mass is 249 g/mol. The summed E-state index contributed by atoms with van der Waals surface area (Å²) in [5.41, 5.74) is 13.6. The Morgan fingerprint density at radius 3 is 2.61 bits per heavy atom. The van der Waals surface area contributed by atoms with Gasteiger partial charge in [0.05, 0.1) is 0 Å². The van der Waals surface area contributed by atoms with E-state index in [0.29, 0.717) is 17.7 Å². The van der Waals surface area contributed by atoms with Crippen molar-refractivity contribution in [3.05, 3.63) is 59.4 Å². The fraction of sp³-hybridized carbons (Fsp3) is 0.154. The average Bonchev–Trinajstić information content (AvgIpc) is 2.35. The van der Waals surface area contributed by atoms with Crippen LogP contribution in [0.1, 0.15) is 17.2 Å². The van der Waals surface area contributed by atoms with Crippen LogP contribution in [-0.4, -0.2) is 4.98 Å². The summed E-state index contributed by atoms with van der Waals surface area (Å²) >= 11 is 0. The van der Waals surface area contributed by atoms with Crippen molar-refractivity contribution in [2.24, 2.45) is 5.73 Å². The van der Waals surface area contributed by atoms with Gasteiger partial charge in [-0.3, -0.25) is 4.98 Å². The summed E-state index contributed by atoms with van der Waals surface area (Å²) in [7, 11) is 0. The van der Waals surface area contributed by atoms with Crippen LogP contribution >= 0.6 is 0 Å². The topological polar surface area (TPSA) is 64.9 Å². The molecule has 1 aromatic carbocycles. The van der Waals surface area contributed by atoms with E-state index < -0.39 is 17.7 Å². The number of nitrogen functional groups attached to an aromatic ring is 1. The first-order valence-corrected chi connectivity index (χ1v) is 5.47. The molecule has 0 spiro atoms. The maximum atomic E-state index is 13.1. The minimum absolute atomic E-state index is 0.421. The van der Waals surface area contributed by atoms with Crippen molar-refractivity contribution < 1.29 is 8.78 Å². The number of halogens is 2. The number of pyridine rings is 1. The van der Waals surface area contributed by atoms with Crippen molar-refractivity contribution >= 4 is 5.69 Å². The molecule has 94 valence electrons. The van der Waals surface area contributed by atoms with Gasteiger partial charge in [0, 0.05) is 24.1 Å². The molecule has 5 heteroatoms. The van der Waals surface area contributed by atoms with Crippen LogP contribution < -0.4 is 11.5 Å². The Hall–Kier alpha value is -2.01. The minimum Gasteiger partial charge on any atom is -0.398 e. The zero-order valence-corrected chi connectivity index (χ0v) is 9.61. The number of aromatic nitrogens is 1. The van der Waals surface area contributed by atoms with Crippen molar-refractivity contribution in [1.82, 2.24) is 4.98 Å². The zero-order valence-electron chi connectivity index (χ0n) is 9.61. The van der Waals surface area contributed by atoms with Crippen LogP contribution in [-0.2, 0) is 6.42 Å². The Kier molecular flexibility index (Phi) is 3.53. The standard InChI is InChI=1S/C13H13F2N3/c14-10-2-1-8(5-11(10)15)13(17)6-9-7-18-4-3-12(9)16/h1-5,7,13H,6,17H2,(H2,16,18). The summed E-state index contributed by atoms with van der Waals surface area (Å²) < 4.78 is 25.9. The highest BCUT2D eigenvalue weighted by molar-refractivity contribution is 5.45. The van der Waals surface area contributed by atoms with Crippen LogP contribution in [0.15, 0.2) is 36.7 Å². The Morgan fingerprint density at radius 1 is 1.17 bits per heavy atom. The molecule has 0 aliphatic heterocycles. The second-order valence-electron chi connectivity index (χ2n) is 4.06. The molecule has 0 radical (unpaired) electrons. The van der Waals surface area contributed by atoms with Crippen molar-refractivity contribution in [2.75, 3.05) is 5.73 Å². The second kappa shape index (κ2) is 5.10. The minimum atomic E-state index is -0.901. The number of nitrogens with two attached hydrogens (primary N) is 2. The fourth-order valence-electron chi connectivity index (χ4n) is 1.71. The SMILES string of the molecule is Nc1ccncc1CC(N)c1ccc(F)c(F)c1. The smallest absolute Gasteiger partial charge is 0.159 e. The van der Waals surface area contributed by atoms with E-state index in [-0.39, 0.29) is 0 Å². The van der Waals surface area contributed by atoms with Crippen LogP contribution in [0.4, 0.5) is 14.5 Å². The summed E-state index contributed by atoms with van der Waals surface area (Å²) in [5.74, 6) is -1.78. The molecule has 2 rings (SSSR count). The van der Waals surface area contributed by atoms with Crippen molar-refractivity contribution in [1.29, 1.82) is 0 Å². The van der Waals surface area contributed by atoms with Gasteiger partial charge >= 0.3 is 0 Å². The quantitative estimate of drug-likeness (QED) is 0.876. The molecule has 1 aromatic heterocycles. The highest BCUT2D eigenvalue weighted by Gasteiger charge is 2.11. The summed E-state index contributed by atoms with van der Waals surface area (Å²) in [5, 5.41) is 0. The van der Waals surface area contributed by atoms with Gasteiger partial charge in [-0.25, -0.2) is 8.78 Å². The first-order chi connectivity index (χ1) is 8.58. The summed E-state index contributed by atoms with van der Waals surface area (Å²) in [6.45, 7) is 0. The van der Waals surface area contributed by atoms with Crippen LogP contribution in [0.5, 0.6) is 0 Å². The van der Waals surface area contributed by atoms with Gasteiger partial charge < -0.3 is 11.5 Å². The van der Waals surface area contributed by atoms with E-state index in [4.69, 9.17) is 11.5 Å². The van der Waals surface area contributed by atoms with Gasteiger partial charge in [0.2, 0.25) is 0 Å². The van der Waals surface area contributed by atoms with Gasteiger partial charge in [0.15, 0.2) is 11.6 Å². The van der Waals surface area contributed by atoms with E-state index in [2.05, 4.69) is 4.98 Å². The summed E-state index contributed by atoms with van der Waals surface area (Å²) in [6, 6.07) is 4.86. The summed E-state index contributed by atoms with van der Waals surface area (Å²) in [4.78, 5) is 3.95. The van der Waals surface area contributed by atoms with E-state index >= 15 is 0 Å². The summed E-state index contributed by atoms with van der Waals surface area (Å²) in [6.07, 6.45) is 3.63. The third-order valence-corrected chi connectivity index (χ3v) is 2.75. The third kappa shape index (κ3) is 2.62. The third-order valence-electron chi connectivity index (χ3n) is 2.75. The lowest BCUT2D eigenvalue weighted by Crippen LogP contribution is -2.15. The molecule has 1 atom stereocenters. The number of benzene rings is 1. The maximum Gasteiger partial charge on any atom is 0.159 e. The Labute approximate surface area is 103 Å². The van der Waals surface area contributed by atoms with Gasteiger partial charge in [-0.15, -0.1) is 0 Å². The Balaban J connectivity index is 2.19. The van der Waals surface area contributed by atoms with Crippen LogP contribution in [0, 0.1) is 11.6 Å². The van der Waals surface area contributed by atoms with Gasteiger partial charge in [0.1, 0.15) is 0 Å². The molecule has 0 saturated carbocycles. The highest BCUT2D eigenvalue weighted by atomic mass is 19.2. The van der Waals surface area contributed by atoms with E-state index in [1.54, 1.807) is 18.5 Å². The van der Waals surface area contributed by atoms with Crippen molar-refractivity contribution in [3.8, 4) is 0 Å². The Morgan fingerprint density at radius 2 is 1.94 bits per heavy atom. The zero-order chi connectivity index (χ0) is 13.1. The molecule has 0 amide bonds. The number of anilines is 1. The van der Waals surface area contributed by atoms with Crippen LogP contribution in [0.25, 0.3) is 0 Å². The lowest BCUT2D eigenvalue weighted by atomic mass is 10.00. The van der Waals surface area contributed by atoms with Crippen molar-refractivity contribution in [3.63, 3.8) is 0 Å². The van der Waals surface area contributed by atoms with Gasteiger partial charge in [-0.05, 0) is 35.7 Å². The molecule has 4 N–H and O–H groups in total. The van der Waals surface area contributed by atoms with E-state index in [9.17, 15) is 8.78 Å². The molecule has 0 saturated heterocycles. The van der Waals surface area contributed by atoms with Gasteiger partial charge in [-0.2, -0.15) is 0 Å². The Bertz CT molecular complexity index is 558. The number of hydrogen-bond acceptors (Lipinski definition) is 3. The van der Waals surface area contributed by atoms with E-state index in [0.717, 1.165) is 17.7 Å². The number of hydrogen-bond donors (Lipinski definition) is 2. The molecule has 0 aliphatic carbocycles. The maximum absolute atomic E-state index is 13.1. The first kappa shape index (κ1) is 12.4. The fourth-order valence-corrected chi connectivity index (χ4v) is 1.71. The molecule has 3 nitrogen and oxygen atoms in total. The molecule has 1 unspecified atom stereocenters. The molecule has 18 heavy (non-hydrogen) atoms. The predicted octanol–water partition coefficient (Wildman–Crippen LogP) is 2.18. The predicted molar refractivity (Wildman–Crippen MR) is 65.6 cm³/mol. The normalized spacial score (nSPS) is 12.4. The largest absolute Gasteiger partial charge is 0.398 e. The van der Waals surface area contributed by atoms with Crippen molar-refractivity contribution in [2.45, 2.75) is 12.5 Å². The highest BCUT2D eigenvalue weighted by Crippen LogP contribution is 2.20. The molecular weight excluding hydrogens is 236 g/mol. The van der Waals surface area contributed by atoms with E-state index in [1.165, 1.54) is 6.07 Å².